The van der Waals surface area contributed by atoms with E-state index in [0.29, 0.717) is 30.6 Å². The fourth-order valence-corrected chi connectivity index (χ4v) is 1.97. The van der Waals surface area contributed by atoms with Gasteiger partial charge >= 0.3 is 0 Å². The van der Waals surface area contributed by atoms with Gasteiger partial charge in [-0.05, 0) is 25.5 Å². The maximum atomic E-state index is 11.8. The SMILES string of the molecule is CC(=O)c1cccc(N2CC(O)CCC2=O)c1. The van der Waals surface area contributed by atoms with Crippen molar-refractivity contribution in [3.05, 3.63) is 29.8 Å². The number of aliphatic hydroxyl groups is 1. The Balaban J connectivity index is 2.29. The van der Waals surface area contributed by atoms with Gasteiger partial charge in [-0.2, -0.15) is 0 Å². The summed E-state index contributed by atoms with van der Waals surface area (Å²) in [7, 11) is 0. The molecule has 17 heavy (non-hydrogen) atoms. The molecule has 1 aromatic rings. The van der Waals surface area contributed by atoms with Crippen LogP contribution in [-0.4, -0.2) is 29.4 Å². The van der Waals surface area contributed by atoms with E-state index in [-0.39, 0.29) is 11.7 Å². The van der Waals surface area contributed by atoms with E-state index in [4.69, 9.17) is 0 Å². The second-order valence-corrected chi connectivity index (χ2v) is 4.30. The Hall–Kier alpha value is -1.68. The van der Waals surface area contributed by atoms with Crippen molar-refractivity contribution >= 4 is 17.4 Å². The number of Topliss-reactive ketones (excluding diaryl/α,β-unsaturated/α-hetero) is 1. The number of hydrogen-bond acceptors (Lipinski definition) is 3. The molecule has 90 valence electrons. The minimum absolute atomic E-state index is 0.00370. The summed E-state index contributed by atoms with van der Waals surface area (Å²) in [5.41, 5.74) is 1.26. The summed E-state index contributed by atoms with van der Waals surface area (Å²) in [6.07, 6.45) is 0.390. The highest BCUT2D eigenvalue weighted by Gasteiger charge is 2.25. The molecule has 0 radical (unpaired) electrons. The average Bonchev–Trinajstić information content (AvgIpc) is 2.32. The van der Waals surface area contributed by atoms with Gasteiger partial charge in [-0.15, -0.1) is 0 Å². The molecular weight excluding hydrogens is 218 g/mol. The molecule has 1 aromatic carbocycles. The summed E-state index contributed by atoms with van der Waals surface area (Å²) in [6, 6.07) is 6.94. The van der Waals surface area contributed by atoms with Crippen molar-refractivity contribution in [2.24, 2.45) is 0 Å². The van der Waals surface area contributed by atoms with Crippen molar-refractivity contribution in [3.63, 3.8) is 0 Å². The first-order valence-corrected chi connectivity index (χ1v) is 5.67. The van der Waals surface area contributed by atoms with Crippen LogP contribution in [0.15, 0.2) is 24.3 Å². The predicted molar refractivity (Wildman–Crippen MR) is 64.0 cm³/mol. The van der Waals surface area contributed by atoms with Gasteiger partial charge in [0, 0.05) is 17.7 Å². The van der Waals surface area contributed by atoms with E-state index in [1.807, 2.05) is 0 Å². The number of amides is 1. The van der Waals surface area contributed by atoms with Crippen LogP contribution in [0.3, 0.4) is 0 Å². The molecule has 1 aliphatic rings. The van der Waals surface area contributed by atoms with E-state index in [9.17, 15) is 14.7 Å². The smallest absolute Gasteiger partial charge is 0.227 e. The van der Waals surface area contributed by atoms with Gasteiger partial charge in [0.25, 0.3) is 0 Å². The lowest BCUT2D eigenvalue weighted by molar-refractivity contribution is -0.121. The Labute approximate surface area is 99.9 Å². The third kappa shape index (κ3) is 2.53. The number of benzene rings is 1. The molecule has 1 unspecified atom stereocenters. The fourth-order valence-electron chi connectivity index (χ4n) is 1.97. The number of β-amino-alcohol motifs (C(OH)–C–C–N with tert-alkyl or cyclic N) is 1. The molecule has 2 rings (SSSR count). The highest BCUT2D eigenvalue weighted by atomic mass is 16.3. The van der Waals surface area contributed by atoms with Crippen molar-refractivity contribution in [1.82, 2.24) is 0 Å². The third-order valence-electron chi connectivity index (χ3n) is 2.95. The predicted octanol–water partition coefficient (Wildman–Crippen LogP) is 1.38. The van der Waals surface area contributed by atoms with Gasteiger partial charge in [-0.3, -0.25) is 9.59 Å². The molecule has 4 nitrogen and oxygen atoms in total. The first kappa shape index (κ1) is 11.8. The van der Waals surface area contributed by atoms with E-state index in [1.54, 1.807) is 29.2 Å². The lowest BCUT2D eigenvalue weighted by atomic mass is 10.1. The summed E-state index contributed by atoms with van der Waals surface area (Å²) >= 11 is 0. The normalized spacial score (nSPS) is 20.5. The minimum atomic E-state index is -0.478. The Morgan fingerprint density at radius 3 is 2.94 bits per heavy atom. The molecule has 0 bridgehead atoms. The molecule has 1 fully saturated rings. The lowest BCUT2D eigenvalue weighted by Gasteiger charge is -2.30. The van der Waals surface area contributed by atoms with Crippen LogP contribution in [0, 0.1) is 0 Å². The van der Waals surface area contributed by atoms with Crippen molar-refractivity contribution in [2.45, 2.75) is 25.9 Å². The summed E-state index contributed by atoms with van der Waals surface area (Å²) in [5, 5.41) is 9.58. The molecule has 1 aliphatic heterocycles. The molecule has 0 saturated carbocycles. The van der Waals surface area contributed by atoms with Gasteiger partial charge in [0.1, 0.15) is 0 Å². The highest BCUT2D eigenvalue weighted by molar-refractivity contribution is 5.98. The lowest BCUT2D eigenvalue weighted by Crippen LogP contribution is -2.42. The van der Waals surface area contributed by atoms with Crippen LogP contribution in [0.5, 0.6) is 0 Å². The number of hydrogen-bond donors (Lipinski definition) is 1. The average molecular weight is 233 g/mol. The number of rotatable bonds is 2. The Morgan fingerprint density at radius 1 is 1.47 bits per heavy atom. The topological polar surface area (TPSA) is 57.6 Å². The zero-order valence-electron chi connectivity index (χ0n) is 9.72. The van der Waals surface area contributed by atoms with Crippen LogP contribution in [0.2, 0.25) is 0 Å². The maximum absolute atomic E-state index is 11.8. The molecule has 0 aliphatic carbocycles. The zero-order chi connectivity index (χ0) is 12.4. The fraction of sp³-hybridized carbons (Fsp3) is 0.385. The Morgan fingerprint density at radius 2 is 2.24 bits per heavy atom. The molecule has 0 spiro atoms. The quantitative estimate of drug-likeness (QED) is 0.785. The number of nitrogens with zero attached hydrogens (tertiary/aromatic N) is 1. The molecular formula is C13H15NO3. The molecule has 1 N–H and O–H groups in total. The first-order chi connectivity index (χ1) is 8.08. The number of ketones is 1. The van der Waals surface area contributed by atoms with Gasteiger partial charge in [0.05, 0.1) is 12.6 Å². The van der Waals surface area contributed by atoms with Crippen LogP contribution < -0.4 is 4.90 Å². The summed E-state index contributed by atoms with van der Waals surface area (Å²) < 4.78 is 0. The van der Waals surface area contributed by atoms with Crippen molar-refractivity contribution in [2.75, 3.05) is 11.4 Å². The highest BCUT2D eigenvalue weighted by Crippen LogP contribution is 2.22. The molecule has 1 heterocycles. The van der Waals surface area contributed by atoms with Crippen LogP contribution in [0.25, 0.3) is 0 Å². The van der Waals surface area contributed by atoms with Crippen LogP contribution in [-0.2, 0) is 4.79 Å². The van der Waals surface area contributed by atoms with Crippen LogP contribution in [0.4, 0.5) is 5.69 Å². The molecule has 1 saturated heterocycles. The number of piperidine rings is 1. The first-order valence-electron chi connectivity index (χ1n) is 5.67. The summed E-state index contributed by atoms with van der Waals surface area (Å²) in [4.78, 5) is 24.6. The molecule has 4 heteroatoms. The van der Waals surface area contributed by atoms with Gasteiger partial charge in [-0.1, -0.05) is 12.1 Å². The molecule has 0 aromatic heterocycles. The summed E-state index contributed by atoms with van der Waals surface area (Å²) in [6.45, 7) is 1.80. The van der Waals surface area contributed by atoms with E-state index < -0.39 is 6.10 Å². The number of carbonyl (C=O) groups excluding carboxylic acids is 2. The van der Waals surface area contributed by atoms with Crippen LogP contribution >= 0.6 is 0 Å². The second-order valence-electron chi connectivity index (χ2n) is 4.30. The Kier molecular flexibility index (Phi) is 3.24. The van der Waals surface area contributed by atoms with E-state index in [0.717, 1.165) is 0 Å². The second kappa shape index (κ2) is 4.67. The van der Waals surface area contributed by atoms with Crippen molar-refractivity contribution in [3.8, 4) is 0 Å². The maximum Gasteiger partial charge on any atom is 0.227 e. The largest absolute Gasteiger partial charge is 0.391 e. The monoisotopic (exact) mass is 233 g/mol. The number of aliphatic hydroxyl groups excluding tert-OH is 1. The molecule has 1 amide bonds. The van der Waals surface area contributed by atoms with E-state index in [1.165, 1.54) is 6.92 Å². The van der Waals surface area contributed by atoms with Crippen molar-refractivity contribution in [1.29, 1.82) is 0 Å². The standard InChI is InChI=1S/C13H15NO3/c1-9(15)10-3-2-4-11(7-10)14-8-12(16)5-6-13(14)17/h2-4,7,12,16H,5-6,8H2,1H3. The minimum Gasteiger partial charge on any atom is -0.391 e. The van der Waals surface area contributed by atoms with E-state index in [2.05, 4.69) is 0 Å². The van der Waals surface area contributed by atoms with Gasteiger partial charge in [-0.25, -0.2) is 0 Å². The third-order valence-corrected chi connectivity index (χ3v) is 2.95. The van der Waals surface area contributed by atoms with Gasteiger partial charge in [0.15, 0.2) is 5.78 Å². The number of anilines is 1. The number of carbonyl (C=O) groups is 2. The van der Waals surface area contributed by atoms with Crippen LogP contribution in [0.1, 0.15) is 30.1 Å². The van der Waals surface area contributed by atoms with E-state index >= 15 is 0 Å². The van der Waals surface area contributed by atoms with Gasteiger partial charge in [0.2, 0.25) is 5.91 Å². The zero-order valence-corrected chi connectivity index (χ0v) is 9.72. The van der Waals surface area contributed by atoms with Crippen molar-refractivity contribution < 1.29 is 14.7 Å². The van der Waals surface area contributed by atoms with Gasteiger partial charge < -0.3 is 10.0 Å². The summed E-state index contributed by atoms with van der Waals surface area (Å²) in [5.74, 6) is -0.0344. The molecule has 1 atom stereocenters. The Bertz CT molecular complexity index is 456.